The second-order valence-electron chi connectivity index (χ2n) is 4.69. The first-order valence-electron chi connectivity index (χ1n) is 5.28. The number of rotatable bonds is 0. The van der Waals surface area contributed by atoms with Crippen LogP contribution in [0.15, 0.2) is 0 Å². The minimum Gasteiger partial charge on any atom is -0.444 e. The van der Waals surface area contributed by atoms with Crippen LogP contribution in [0.5, 0.6) is 0 Å². The van der Waals surface area contributed by atoms with Gasteiger partial charge in [0.15, 0.2) is 0 Å². The van der Waals surface area contributed by atoms with Crippen LogP contribution < -0.4 is 5.32 Å². The average molecular weight is 201 g/mol. The Labute approximate surface area is 85.6 Å². The van der Waals surface area contributed by atoms with Gasteiger partial charge in [0.25, 0.3) is 0 Å². The molecule has 1 aliphatic rings. The van der Waals surface area contributed by atoms with E-state index in [9.17, 15) is 4.79 Å². The summed E-state index contributed by atoms with van der Waals surface area (Å²) >= 11 is 0. The topological polar surface area (TPSA) is 46.1 Å². The molecule has 1 amide bonds. The summed E-state index contributed by atoms with van der Waals surface area (Å²) in [6.45, 7) is 9.41. The van der Waals surface area contributed by atoms with Gasteiger partial charge in [-0.3, -0.25) is 0 Å². The maximum Gasteiger partial charge on any atom is 0.410 e. The van der Waals surface area contributed by atoms with Gasteiger partial charge in [0.2, 0.25) is 0 Å². The van der Waals surface area contributed by atoms with E-state index in [2.05, 4.69) is 5.32 Å². The van der Waals surface area contributed by atoms with Crippen LogP contribution >= 0.6 is 0 Å². The van der Waals surface area contributed by atoms with E-state index in [1.807, 2.05) is 20.8 Å². The van der Waals surface area contributed by atoms with Crippen LogP contribution in [-0.2, 0) is 4.74 Å². The van der Waals surface area contributed by atoms with Crippen molar-refractivity contribution in [3.05, 3.63) is 0 Å². The molecule has 2 N–H and O–H groups in total. The minimum atomic E-state index is -0.382. The molecule has 0 saturated carbocycles. The minimum absolute atomic E-state index is 0.173. The van der Waals surface area contributed by atoms with Gasteiger partial charge >= 0.3 is 6.09 Å². The first-order chi connectivity index (χ1) is 6.49. The number of ether oxygens (including phenoxy) is 1. The molecular formula is C10H21N2O2+. The molecule has 0 bridgehead atoms. The van der Waals surface area contributed by atoms with Crippen molar-refractivity contribution in [2.24, 2.45) is 0 Å². The van der Waals surface area contributed by atoms with E-state index >= 15 is 0 Å². The molecule has 82 valence electrons. The number of hydrogen-bond acceptors (Lipinski definition) is 2. The first-order valence-corrected chi connectivity index (χ1v) is 5.28. The normalized spacial score (nSPS) is 18.9. The Hall–Kier alpha value is -0.770. The number of amides is 1. The lowest BCUT2D eigenvalue weighted by molar-refractivity contribution is -0.651. The second-order valence-corrected chi connectivity index (χ2v) is 4.69. The standard InChI is InChI=1S/C10H20N2O2/c1-10(2,3)14-9(13)12-7-4-5-11-6-8-12/h11H,4-8H2,1-3H3/p+1. The zero-order valence-electron chi connectivity index (χ0n) is 9.38. The van der Waals surface area contributed by atoms with E-state index in [-0.39, 0.29) is 11.7 Å². The highest BCUT2D eigenvalue weighted by atomic mass is 16.6. The summed E-state index contributed by atoms with van der Waals surface area (Å²) in [5.74, 6) is 0. The lowest BCUT2D eigenvalue weighted by atomic mass is 10.2. The fraction of sp³-hybridized carbons (Fsp3) is 0.900. The first kappa shape index (κ1) is 11.3. The third-order valence-corrected chi connectivity index (χ3v) is 2.09. The summed E-state index contributed by atoms with van der Waals surface area (Å²) in [5.41, 5.74) is -0.382. The van der Waals surface area contributed by atoms with Crippen LogP contribution in [0.2, 0.25) is 0 Å². The summed E-state index contributed by atoms with van der Waals surface area (Å²) in [7, 11) is 0. The van der Waals surface area contributed by atoms with Gasteiger partial charge in [-0.15, -0.1) is 0 Å². The summed E-state index contributed by atoms with van der Waals surface area (Å²) < 4.78 is 5.31. The number of nitrogens with zero attached hydrogens (tertiary/aromatic N) is 1. The van der Waals surface area contributed by atoms with Gasteiger partial charge in [-0.05, 0) is 20.8 Å². The number of quaternary nitrogens is 1. The highest BCUT2D eigenvalue weighted by Gasteiger charge is 2.23. The predicted octanol–water partition coefficient (Wildman–Crippen LogP) is 0.191. The van der Waals surface area contributed by atoms with Crippen molar-refractivity contribution in [3.63, 3.8) is 0 Å². The van der Waals surface area contributed by atoms with Crippen molar-refractivity contribution in [2.75, 3.05) is 26.2 Å². The molecule has 4 heteroatoms. The van der Waals surface area contributed by atoms with Crippen LogP contribution in [0, 0.1) is 0 Å². The predicted molar refractivity (Wildman–Crippen MR) is 54.1 cm³/mol. The van der Waals surface area contributed by atoms with Crippen molar-refractivity contribution in [1.82, 2.24) is 4.90 Å². The van der Waals surface area contributed by atoms with Gasteiger partial charge in [-0.1, -0.05) is 0 Å². The van der Waals surface area contributed by atoms with Gasteiger partial charge in [0.1, 0.15) is 5.60 Å². The molecule has 1 saturated heterocycles. The smallest absolute Gasteiger partial charge is 0.410 e. The molecule has 0 atom stereocenters. The molecule has 14 heavy (non-hydrogen) atoms. The molecule has 0 aromatic heterocycles. The number of carbonyl (C=O) groups is 1. The van der Waals surface area contributed by atoms with Crippen LogP contribution in [0.1, 0.15) is 27.2 Å². The maximum absolute atomic E-state index is 11.7. The molecule has 0 aliphatic carbocycles. The van der Waals surface area contributed by atoms with Crippen LogP contribution in [-0.4, -0.2) is 42.8 Å². The van der Waals surface area contributed by atoms with E-state index in [4.69, 9.17) is 4.74 Å². The molecule has 0 aromatic rings. The fourth-order valence-corrected chi connectivity index (χ4v) is 1.44. The van der Waals surface area contributed by atoms with Crippen molar-refractivity contribution >= 4 is 6.09 Å². The molecule has 0 radical (unpaired) electrons. The zero-order chi connectivity index (χ0) is 10.6. The van der Waals surface area contributed by atoms with Gasteiger partial charge < -0.3 is 15.0 Å². The third kappa shape index (κ3) is 3.96. The maximum atomic E-state index is 11.7. The summed E-state index contributed by atoms with van der Waals surface area (Å²) in [6, 6.07) is 0. The second kappa shape index (κ2) is 4.64. The third-order valence-electron chi connectivity index (χ3n) is 2.09. The van der Waals surface area contributed by atoms with Gasteiger partial charge in [-0.2, -0.15) is 0 Å². The van der Waals surface area contributed by atoms with Gasteiger partial charge in [0.05, 0.1) is 19.6 Å². The highest BCUT2D eigenvalue weighted by molar-refractivity contribution is 5.68. The van der Waals surface area contributed by atoms with E-state index in [1.54, 1.807) is 4.90 Å². The average Bonchev–Trinajstić information content (AvgIpc) is 2.27. The lowest BCUT2D eigenvalue weighted by Gasteiger charge is -2.25. The molecule has 4 nitrogen and oxygen atoms in total. The molecule has 1 heterocycles. The monoisotopic (exact) mass is 201 g/mol. The largest absolute Gasteiger partial charge is 0.444 e. The van der Waals surface area contributed by atoms with Crippen LogP contribution in [0.3, 0.4) is 0 Å². The summed E-state index contributed by atoms with van der Waals surface area (Å²) in [6.07, 6.45) is 0.881. The van der Waals surface area contributed by atoms with Gasteiger partial charge in [0, 0.05) is 13.0 Å². The van der Waals surface area contributed by atoms with Crippen LogP contribution in [0.4, 0.5) is 4.79 Å². The van der Waals surface area contributed by atoms with Gasteiger partial charge in [-0.25, -0.2) is 4.79 Å². The number of nitrogens with two attached hydrogens (primary N) is 1. The molecular weight excluding hydrogens is 180 g/mol. The Kier molecular flexibility index (Phi) is 3.75. The Morgan fingerprint density at radius 3 is 2.64 bits per heavy atom. The quantitative estimate of drug-likeness (QED) is 0.608. The molecule has 0 spiro atoms. The fourth-order valence-electron chi connectivity index (χ4n) is 1.44. The summed E-state index contributed by atoms with van der Waals surface area (Å²) in [4.78, 5) is 13.5. The Morgan fingerprint density at radius 2 is 2.00 bits per heavy atom. The summed E-state index contributed by atoms with van der Waals surface area (Å²) in [5, 5.41) is 2.24. The van der Waals surface area contributed by atoms with Crippen LogP contribution in [0.25, 0.3) is 0 Å². The molecule has 0 unspecified atom stereocenters. The Morgan fingerprint density at radius 1 is 1.29 bits per heavy atom. The SMILES string of the molecule is CC(C)(C)OC(=O)N1CCC[NH2+]CC1. The van der Waals surface area contributed by atoms with Crippen molar-refractivity contribution < 1.29 is 14.8 Å². The Balaban J connectivity index is 2.42. The number of hydrogen-bond donors (Lipinski definition) is 1. The number of carbonyl (C=O) groups excluding carboxylic acids is 1. The molecule has 0 aromatic carbocycles. The Bertz CT molecular complexity index is 191. The van der Waals surface area contributed by atoms with E-state index in [0.717, 1.165) is 32.6 Å². The highest BCUT2D eigenvalue weighted by Crippen LogP contribution is 2.10. The van der Waals surface area contributed by atoms with E-state index in [1.165, 1.54) is 0 Å². The van der Waals surface area contributed by atoms with E-state index < -0.39 is 0 Å². The van der Waals surface area contributed by atoms with E-state index in [0.29, 0.717) is 0 Å². The molecule has 1 aliphatic heterocycles. The molecule has 1 fully saturated rings. The van der Waals surface area contributed by atoms with Crippen molar-refractivity contribution in [1.29, 1.82) is 0 Å². The van der Waals surface area contributed by atoms with Crippen molar-refractivity contribution in [2.45, 2.75) is 32.8 Å². The zero-order valence-corrected chi connectivity index (χ0v) is 9.38. The molecule has 1 rings (SSSR count). The lowest BCUT2D eigenvalue weighted by Crippen LogP contribution is -2.84. The van der Waals surface area contributed by atoms with Crippen molar-refractivity contribution in [3.8, 4) is 0 Å².